The third-order valence-electron chi connectivity index (χ3n) is 6.09. The molecule has 0 saturated carbocycles. The number of nitrogens with one attached hydrogen (secondary N) is 2. The number of nitrogens with zero attached hydrogens (tertiary/aromatic N) is 1. The molecule has 194 valence electrons. The van der Waals surface area contributed by atoms with Gasteiger partial charge >= 0.3 is 5.97 Å². The standard InChI is InChI=1S/C24H37N5O6/c1-15(30)20(24(34)35)28-22(32)19-11-7-13-29(19)23(33)18(14-16-8-3-2-4-9-16)27-21(31)17(26)10-5-6-12-25/h2-4,8-9,15,17-20,30H,5-7,10-14,25-26H2,1H3,(H,27,31)(H,28,32)(H,34,35). The number of benzene rings is 1. The summed E-state index contributed by atoms with van der Waals surface area (Å²) in [4.78, 5) is 51.9. The predicted octanol–water partition coefficient (Wildman–Crippen LogP) is -0.889. The molecule has 1 aliphatic rings. The topological polar surface area (TPSA) is 188 Å². The Labute approximate surface area is 205 Å². The van der Waals surface area contributed by atoms with Gasteiger partial charge in [-0.3, -0.25) is 14.4 Å². The first-order valence-electron chi connectivity index (χ1n) is 12.0. The molecule has 35 heavy (non-hydrogen) atoms. The summed E-state index contributed by atoms with van der Waals surface area (Å²) in [5, 5.41) is 24.0. The molecule has 0 aromatic heterocycles. The largest absolute Gasteiger partial charge is 0.480 e. The van der Waals surface area contributed by atoms with Crippen LogP contribution >= 0.6 is 0 Å². The first-order valence-corrected chi connectivity index (χ1v) is 12.0. The molecule has 11 nitrogen and oxygen atoms in total. The van der Waals surface area contributed by atoms with Crippen molar-refractivity contribution >= 4 is 23.7 Å². The van der Waals surface area contributed by atoms with Crippen molar-refractivity contribution in [2.24, 2.45) is 11.5 Å². The first kappa shape index (κ1) is 28.2. The molecule has 3 amide bonds. The van der Waals surface area contributed by atoms with Gasteiger partial charge in [0.25, 0.3) is 0 Å². The maximum atomic E-state index is 13.5. The summed E-state index contributed by atoms with van der Waals surface area (Å²) in [6.07, 6.45) is 1.63. The minimum Gasteiger partial charge on any atom is -0.480 e. The Morgan fingerprint density at radius 1 is 1.14 bits per heavy atom. The molecule has 1 aliphatic heterocycles. The molecule has 1 fully saturated rings. The number of likely N-dealkylation sites (tertiary alicyclic amines) is 1. The molecule has 0 spiro atoms. The lowest BCUT2D eigenvalue weighted by atomic mass is 10.0. The second-order valence-corrected chi connectivity index (χ2v) is 8.90. The molecule has 1 aromatic rings. The van der Waals surface area contributed by atoms with Gasteiger partial charge in [-0.25, -0.2) is 4.79 Å². The number of hydrogen-bond donors (Lipinski definition) is 6. The van der Waals surface area contributed by atoms with E-state index < -0.39 is 54.0 Å². The molecule has 5 atom stereocenters. The van der Waals surface area contributed by atoms with Gasteiger partial charge in [-0.15, -0.1) is 0 Å². The van der Waals surface area contributed by atoms with E-state index in [0.717, 1.165) is 12.0 Å². The molecule has 11 heteroatoms. The quantitative estimate of drug-likeness (QED) is 0.192. The monoisotopic (exact) mass is 491 g/mol. The smallest absolute Gasteiger partial charge is 0.328 e. The van der Waals surface area contributed by atoms with Gasteiger partial charge in [-0.05, 0) is 44.7 Å². The van der Waals surface area contributed by atoms with Crippen molar-refractivity contribution in [3.8, 4) is 0 Å². The van der Waals surface area contributed by atoms with Crippen LogP contribution in [-0.2, 0) is 25.6 Å². The van der Waals surface area contributed by atoms with Gasteiger partial charge in [0.15, 0.2) is 6.04 Å². The fourth-order valence-corrected chi connectivity index (χ4v) is 4.11. The van der Waals surface area contributed by atoms with Gasteiger partial charge in [0.05, 0.1) is 12.1 Å². The van der Waals surface area contributed by atoms with Crippen molar-refractivity contribution in [1.82, 2.24) is 15.5 Å². The van der Waals surface area contributed by atoms with Crippen molar-refractivity contribution < 1.29 is 29.4 Å². The zero-order valence-electron chi connectivity index (χ0n) is 20.1. The number of hydrogen-bond acceptors (Lipinski definition) is 7. The summed E-state index contributed by atoms with van der Waals surface area (Å²) < 4.78 is 0. The average Bonchev–Trinajstić information content (AvgIpc) is 3.32. The molecule has 0 radical (unpaired) electrons. The van der Waals surface area contributed by atoms with Crippen LogP contribution < -0.4 is 22.1 Å². The van der Waals surface area contributed by atoms with Gasteiger partial charge in [-0.1, -0.05) is 36.8 Å². The number of unbranched alkanes of at least 4 members (excludes halogenated alkanes) is 1. The summed E-state index contributed by atoms with van der Waals surface area (Å²) in [6, 6.07) is 5.01. The van der Waals surface area contributed by atoms with E-state index in [-0.39, 0.29) is 13.0 Å². The summed E-state index contributed by atoms with van der Waals surface area (Å²) >= 11 is 0. The highest BCUT2D eigenvalue weighted by atomic mass is 16.4. The number of rotatable bonds is 13. The van der Waals surface area contributed by atoms with E-state index in [0.29, 0.717) is 32.2 Å². The van der Waals surface area contributed by atoms with Gasteiger partial charge in [-0.2, -0.15) is 0 Å². The second-order valence-electron chi connectivity index (χ2n) is 8.90. The number of carbonyl (C=O) groups excluding carboxylic acids is 3. The van der Waals surface area contributed by atoms with Crippen molar-refractivity contribution in [3.63, 3.8) is 0 Å². The van der Waals surface area contributed by atoms with Crippen molar-refractivity contribution in [2.45, 2.75) is 75.7 Å². The number of carboxylic acid groups (broad SMARTS) is 1. The molecular weight excluding hydrogens is 454 g/mol. The Hall–Kier alpha value is -3.02. The second kappa shape index (κ2) is 13.8. The number of aliphatic hydroxyl groups is 1. The molecule has 0 bridgehead atoms. The summed E-state index contributed by atoms with van der Waals surface area (Å²) in [5.41, 5.74) is 12.3. The number of carbonyl (C=O) groups is 4. The van der Waals surface area contributed by atoms with E-state index in [1.807, 2.05) is 30.3 Å². The lowest BCUT2D eigenvalue weighted by molar-refractivity contribution is -0.147. The van der Waals surface area contributed by atoms with E-state index in [4.69, 9.17) is 11.5 Å². The molecule has 5 unspecified atom stereocenters. The van der Waals surface area contributed by atoms with Crippen LogP contribution in [0.5, 0.6) is 0 Å². The average molecular weight is 492 g/mol. The Morgan fingerprint density at radius 3 is 2.43 bits per heavy atom. The van der Waals surface area contributed by atoms with Crippen LogP contribution in [-0.4, -0.2) is 82.2 Å². The van der Waals surface area contributed by atoms with Crippen LogP contribution in [0.3, 0.4) is 0 Å². The number of aliphatic hydroxyl groups excluding tert-OH is 1. The van der Waals surface area contributed by atoms with Crippen LogP contribution in [0.25, 0.3) is 0 Å². The van der Waals surface area contributed by atoms with Gasteiger partial charge < -0.3 is 37.2 Å². The van der Waals surface area contributed by atoms with E-state index in [1.165, 1.54) is 11.8 Å². The highest BCUT2D eigenvalue weighted by Gasteiger charge is 2.39. The predicted molar refractivity (Wildman–Crippen MR) is 129 cm³/mol. The van der Waals surface area contributed by atoms with Gasteiger partial charge in [0.2, 0.25) is 17.7 Å². The van der Waals surface area contributed by atoms with Crippen LogP contribution in [0.2, 0.25) is 0 Å². The normalized spacial score (nSPS) is 18.9. The highest BCUT2D eigenvalue weighted by molar-refractivity contribution is 5.94. The number of carboxylic acids is 1. The minimum atomic E-state index is -1.49. The highest BCUT2D eigenvalue weighted by Crippen LogP contribution is 2.20. The van der Waals surface area contributed by atoms with Crippen molar-refractivity contribution in [2.75, 3.05) is 13.1 Å². The minimum absolute atomic E-state index is 0.206. The number of aliphatic carboxylic acids is 1. The van der Waals surface area contributed by atoms with Crippen LogP contribution in [0, 0.1) is 0 Å². The molecule has 1 heterocycles. The first-order chi connectivity index (χ1) is 16.6. The maximum absolute atomic E-state index is 13.5. The van der Waals surface area contributed by atoms with Crippen LogP contribution in [0.4, 0.5) is 0 Å². The third-order valence-corrected chi connectivity index (χ3v) is 6.09. The summed E-state index contributed by atoms with van der Waals surface area (Å²) in [6.45, 7) is 2.05. The lowest BCUT2D eigenvalue weighted by Crippen LogP contribution is -2.58. The Balaban J connectivity index is 2.18. The number of nitrogens with two attached hydrogens (primary N) is 2. The van der Waals surface area contributed by atoms with Crippen molar-refractivity contribution in [1.29, 1.82) is 0 Å². The molecule has 0 aliphatic carbocycles. The Kier molecular flexibility index (Phi) is 11.1. The summed E-state index contributed by atoms with van der Waals surface area (Å²) in [7, 11) is 0. The third kappa shape index (κ3) is 8.30. The molecular formula is C24H37N5O6. The van der Waals surface area contributed by atoms with E-state index in [2.05, 4.69) is 10.6 Å². The fourth-order valence-electron chi connectivity index (χ4n) is 4.11. The van der Waals surface area contributed by atoms with Crippen LogP contribution in [0.1, 0.15) is 44.6 Å². The number of amides is 3. The van der Waals surface area contributed by atoms with E-state index in [9.17, 15) is 29.4 Å². The SMILES string of the molecule is CC(O)C(NC(=O)C1CCCN1C(=O)C(Cc1ccccc1)NC(=O)C(N)CCCCN)C(=O)O. The molecule has 1 saturated heterocycles. The Bertz CT molecular complexity index is 865. The zero-order valence-corrected chi connectivity index (χ0v) is 20.1. The van der Waals surface area contributed by atoms with Crippen LogP contribution in [0.15, 0.2) is 30.3 Å². The zero-order chi connectivity index (χ0) is 26.0. The van der Waals surface area contributed by atoms with E-state index >= 15 is 0 Å². The van der Waals surface area contributed by atoms with Gasteiger partial charge in [0.1, 0.15) is 12.1 Å². The Morgan fingerprint density at radius 2 is 1.83 bits per heavy atom. The molecule has 2 rings (SSSR count). The maximum Gasteiger partial charge on any atom is 0.328 e. The fraction of sp³-hybridized carbons (Fsp3) is 0.583. The molecule has 8 N–H and O–H groups in total. The van der Waals surface area contributed by atoms with Crippen molar-refractivity contribution in [3.05, 3.63) is 35.9 Å². The molecule has 1 aromatic carbocycles. The van der Waals surface area contributed by atoms with E-state index in [1.54, 1.807) is 0 Å². The summed E-state index contributed by atoms with van der Waals surface area (Å²) in [5.74, 6) is -2.94. The van der Waals surface area contributed by atoms with Gasteiger partial charge in [0, 0.05) is 13.0 Å². The lowest BCUT2D eigenvalue weighted by Gasteiger charge is -2.30.